The van der Waals surface area contributed by atoms with Crippen LogP contribution in [0.1, 0.15) is 48.7 Å². The van der Waals surface area contributed by atoms with Crippen molar-refractivity contribution in [2.75, 3.05) is 11.9 Å². The van der Waals surface area contributed by atoms with Crippen molar-refractivity contribution in [3.05, 3.63) is 65.2 Å². The highest BCUT2D eigenvalue weighted by Crippen LogP contribution is 2.19. The van der Waals surface area contributed by atoms with Gasteiger partial charge in [0, 0.05) is 6.54 Å². The van der Waals surface area contributed by atoms with E-state index >= 15 is 0 Å². The standard InChI is InChI=1S/C23H28N2O4/c1-16-9-11-17(12-10-16)14-24-22(28)18-7-5-6-8-19(18)25-20(26)15-29-21(27)13-23(2,3)4/h5-12H,13-15H2,1-4H3,(H,24,28)(H,25,26). The summed E-state index contributed by atoms with van der Waals surface area (Å²) in [5.41, 5.74) is 2.63. The lowest BCUT2D eigenvalue weighted by Gasteiger charge is -2.16. The van der Waals surface area contributed by atoms with E-state index in [-0.39, 0.29) is 17.7 Å². The van der Waals surface area contributed by atoms with E-state index in [0.717, 1.165) is 11.1 Å². The SMILES string of the molecule is Cc1ccc(CNC(=O)c2ccccc2NC(=O)COC(=O)CC(C)(C)C)cc1. The molecule has 0 heterocycles. The Morgan fingerprint density at radius 3 is 2.28 bits per heavy atom. The first-order chi connectivity index (χ1) is 13.6. The number of para-hydroxylation sites is 1. The summed E-state index contributed by atoms with van der Waals surface area (Å²) >= 11 is 0. The summed E-state index contributed by atoms with van der Waals surface area (Å²) in [5.74, 6) is -1.23. The molecule has 0 saturated carbocycles. The molecule has 2 aromatic carbocycles. The molecule has 0 spiro atoms. The van der Waals surface area contributed by atoms with E-state index in [9.17, 15) is 14.4 Å². The second kappa shape index (κ2) is 9.87. The van der Waals surface area contributed by atoms with Crippen molar-refractivity contribution >= 4 is 23.5 Å². The van der Waals surface area contributed by atoms with Crippen LogP contribution in [-0.4, -0.2) is 24.4 Å². The molecule has 0 unspecified atom stereocenters. The molecule has 0 aliphatic carbocycles. The van der Waals surface area contributed by atoms with Gasteiger partial charge in [-0.3, -0.25) is 14.4 Å². The number of hydrogen-bond donors (Lipinski definition) is 2. The first kappa shape index (κ1) is 22.1. The number of carbonyl (C=O) groups excluding carboxylic acids is 3. The van der Waals surface area contributed by atoms with Gasteiger partial charge in [-0.25, -0.2) is 0 Å². The Kier molecular flexibility index (Phi) is 7.53. The summed E-state index contributed by atoms with van der Waals surface area (Å²) in [7, 11) is 0. The molecular weight excluding hydrogens is 368 g/mol. The lowest BCUT2D eigenvalue weighted by molar-refractivity contribution is -0.149. The molecule has 2 rings (SSSR count). The van der Waals surface area contributed by atoms with Gasteiger partial charge in [0.25, 0.3) is 11.8 Å². The maximum Gasteiger partial charge on any atom is 0.306 e. The highest BCUT2D eigenvalue weighted by molar-refractivity contribution is 6.04. The van der Waals surface area contributed by atoms with Crippen molar-refractivity contribution in [1.82, 2.24) is 5.32 Å². The fourth-order valence-electron chi connectivity index (χ4n) is 2.59. The number of nitrogens with one attached hydrogen (secondary N) is 2. The Hall–Kier alpha value is -3.15. The molecule has 2 amide bonds. The average Bonchev–Trinajstić information content (AvgIpc) is 2.65. The Morgan fingerprint density at radius 1 is 0.966 bits per heavy atom. The largest absolute Gasteiger partial charge is 0.456 e. The van der Waals surface area contributed by atoms with Crippen LogP contribution >= 0.6 is 0 Å². The fraction of sp³-hybridized carbons (Fsp3) is 0.348. The predicted molar refractivity (Wildman–Crippen MR) is 112 cm³/mol. The Labute approximate surface area is 171 Å². The van der Waals surface area contributed by atoms with E-state index in [1.54, 1.807) is 24.3 Å². The molecule has 6 heteroatoms. The number of hydrogen-bond acceptors (Lipinski definition) is 4. The van der Waals surface area contributed by atoms with E-state index in [1.807, 2.05) is 52.0 Å². The lowest BCUT2D eigenvalue weighted by Crippen LogP contribution is -2.26. The minimum atomic E-state index is -0.494. The maximum atomic E-state index is 12.6. The minimum Gasteiger partial charge on any atom is -0.456 e. The molecule has 2 aromatic rings. The fourth-order valence-corrected chi connectivity index (χ4v) is 2.59. The number of aryl methyl sites for hydroxylation is 1. The zero-order chi connectivity index (χ0) is 21.4. The molecule has 0 fully saturated rings. The molecule has 0 aromatic heterocycles. The van der Waals surface area contributed by atoms with Crippen molar-refractivity contribution in [3.63, 3.8) is 0 Å². The number of esters is 1. The number of benzene rings is 2. The molecule has 6 nitrogen and oxygen atoms in total. The van der Waals surface area contributed by atoms with Crippen LogP contribution in [0.2, 0.25) is 0 Å². The van der Waals surface area contributed by atoms with E-state index in [0.29, 0.717) is 17.8 Å². The number of rotatable bonds is 7. The Balaban J connectivity index is 1.93. The number of ether oxygens (including phenoxy) is 1. The van der Waals surface area contributed by atoms with E-state index < -0.39 is 18.5 Å². The van der Waals surface area contributed by atoms with Crippen LogP contribution < -0.4 is 10.6 Å². The van der Waals surface area contributed by atoms with Gasteiger partial charge >= 0.3 is 5.97 Å². The van der Waals surface area contributed by atoms with Gasteiger partial charge < -0.3 is 15.4 Å². The maximum absolute atomic E-state index is 12.6. The van der Waals surface area contributed by atoms with E-state index in [1.165, 1.54) is 0 Å². The van der Waals surface area contributed by atoms with Crippen LogP contribution in [0.15, 0.2) is 48.5 Å². The molecule has 0 bridgehead atoms. The van der Waals surface area contributed by atoms with Crippen LogP contribution in [-0.2, 0) is 20.9 Å². The summed E-state index contributed by atoms with van der Waals surface area (Å²) in [4.78, 5) is 36.5. The normalized spacial score (nSPS) is 10.9. The summed E-state index contributed by atoms with van der Waals surface area (Å²) in [6, 6.07) is 14.6. The second-order valence-corrected chi connectivity index (χ2v) is 8.16. The van der Waals surface area contributed by atoms with Crippen LogP contribution in [0.3, 0.4) is 0 Å². The smallest absolute Gasteiger partial charge is 0.306 e. The number of amides is 2. The molecule has 154 valence electrons. The predicted octanol–water partition coefficient (Wildman–Crippen LogP) is 3.84. The molecule has 0 aliphatic rings. The second-order valence-electron chi connectivity index (χ2n) is 8.16. The number of anilines is 1. The highest BCUT2D eigenvalue weighted by atomic mass is 16.5. The van der Waals surface area contributed by atoms with Crippen molar-refractivity contribution < 1.29 is 19.1 Å². The molecular formula is C23H28N2O4. The summed E-state index contributed by atoms with van der Waals surface area (Å²) in [5, 5.41) is 5.49. The Bertz CT molecular complexity index is 867. The van der Waals surface area contributed by atoms with E-state index in [4.69, 9.17) is 4.74 Å². The van der Waals surface area contributed by atoms with Crippen molar-refractivity contribution in [2.45, 2.75) is 40.7 Å². The molecule has 0 saturated heterocycles. The van der Waals surface area contributed by atoms with Gasteiger partial charge in [-0.1, -0.05) is 62.7 Å². The van der Waals surface area contributed by atoms with E-state index in [2.05, 4.69) is 10.6 Å². The van der Waals surface area contributed by atoms with Crippen molar-refractivity contribution in [1.29, 1.82) is 0 Å². The quantitative estimate of drug-likeness (QED) is 0.697. The van der Waals surface area contributed by atoms with Gasteiger partial charge in [-0.2, -0.15) is 0 Å². The zero-order valence-electron chi connectivity index (χ0n) is 17.4. The van der Waals surface area contributed by atoms with Gasteiger partial charge in [0.05, 0.1) is 17.7 Å². The molecule has 0 aliphatic heterocycles. The van der Waals surface area contributed by atoms with Gasteiger partial charge in [0.2, 0.25) is 0 Å². The summed E-state index contributed by atoms with van der Waals surface area (Å²) in [6.45, 7) is 7.74. The third-order valence-corrected chi connectivity index (χ3v) is 4.06. The third kappa shape index (κ3) is 7.78. The third-order valence-electron chi connectivity index (χ3n) is 4.06. The van der Waals surface area contributed by atoms with Crippen molar-refractivity contribution in [3.8, 4) is 0 Å². The van der Waals surface area contributed by atoms with Crippen LogP contribution in [0.4, 0.5) is 5.69 Å². The average molecular weight is 396 g/mol. The molecule has 0 radical (unpaired) electrons. The summed E-state index contributed by atoms with van der Waals surface area (Å²) < 4.78 is 5.02. The van der Waals surface area contributed by atoms with Gasteiger partial charge in [-0.15, -0.1) is 0 Å². The minimum absolute atomic E-state index is 0.213. The van der Waals surface area contributed by atoms with Crippen LogP contribution in [0.5, 0.6) is 0 Å². The van der Waals surface area contributed by atoms with Crippen molar-refractivity contribution in [2.24, 2.45) is 5.41 Å². The lowest BCUT2D eigenvalue weighted by atomic mass is 9.92. The van der Waals surface area contributed by atoms with Crippen LogP contribution in [0.25, 0.3) is 0 Å². The zero-order valence-corrected chi connectivity index (χ0v) is 17.4. The molecule has 29 heavy (non-hydrogen) atoms. The highest BCUT2D eigenvalue weighted by Gasteiger charge is 2.18. The first-order valence-corrected chi connectivity index (χ1v) is 9.52. The summed E-state index contributed by atoms with van der Waals surface area (Å²) in [6.07, 6.45) is 0.221. The van der Waals surface area contributed by atoms with Crippen LogP contribution in [0, 0.1) is 12.3 Å². The van der Waals surface area contributed by atoms with Gasteiger partial charge in [0.1, 0.15) is 0 Å². The Morgan fingerprint density at radius 2 is 1.62 bits per heavy atom. The van der Waals surface area contributed by atoms with Gasteiger partial charge in [0.15, 0.2) is 6.61 Å². The monoisotopic (exact) mass is 396 g/mol. The molecule has 2 N–H and O–H groups in total. The van der Waals surface area contributed by atoms with Gasteiger partial charge in [-0.05, 0) is 30.0 Å². The number of carbonyl (C=O) groups is 3. The topological polar surface area (TPSA) is 84.5 Å². The molecule has 0 atom stereocenters. The first-order valence-electron chi connectivity index (χ1n) is 9.52.